The molecule has 2 rings (SSSR count). The fraction of sp³-hybridized carbons (Fsp3) is 0.400. The second kappa shape index (κ2) is 3.88. The Labute approximate surface area is 92.1 Å². The number of aryl methyl sites for hydroxylation is 1. The lowest BCUT2D eigenvalue weighted by Gasteiger charge is -2.08. The molecular weight excluding hydrogens is 206 g/mol. The number of hydrogen-bond acceptors (Lipinski definition) is 4. The predicted octanol–water partition coefficient (Wildman–Crippen LogP) is 0.987. The van der Waals surface area contributed by atoms with Crippen molar-refractivity contribution in [2.75, 3.05) is 0 Å². The van der Waals surface area contributed by atoms with Crippen LogP contribution in [0.2, 0.25) is 0 Å². The molecule has 0 atom stereocenters. The number of rotatable bonds is 2. The maximum atomic E-state index is 11.8. The third kappa shape index (κ3) is 1.73. The number of aromatic nitrogens is 5. The Morgan fingerprint density at radius 1 is 1.38 bits per heavy atom. The van der Waals surface area contributed by atoms with E-state index in [0.717, 1.165) is 5.69 Å². The van der Waals surface area contributed by atoms with Crippen molar-refractivity contribution < 1.29 is 0 Å². The van der Waals surface area contributed by atoms with Crippen molar-refractivity contribution in [1.29, 1.82) is 0 Å². The number of nitrogens with zero attached hydrogens (tertiary/aromatic N) is 3. The summed E-state index contributed by atoms with van der Waals surface area (Å²) in [5.74, 6) is 0.600. The maximum absolute atomic E-state index is 11.8. The third-order valence-corrected chi connectivity index (χ3v) is 2.38. The molecule has 6 nitrogen and oxygen atoms in total. The molecule has 0 amide bonds. The summed E-state index contributed by atoms with van der Waals surface area (Å²) < 4.78 is 0. The van der Waals surface area contributed by atoms with E-state index in [9.17, 15) is 4.79 Å². The van der Waals surface area contributed by atoms with E-state index in [4.69, 9.17) is 0 Å². The van der Waals surface area contributed by atoms with Crippen LogP contribution in [0.15, 0.2) is 11.0 Å². The van der Waals surface area contributed by atoms with Crippen LogP contribution in [0.25, 0.3) is 11.5 Å². The smallest absolute Gasteiger partial charge is 0.254 e. The summed E-state index contributed by atoms with van der Waals surface area (Å²) in [6, 6.07) is 0. The Balaban J connectivity index is 2.58. The molecule has 6 heteroatoms. The first-order valence-electron chi connectivity index (χ1n) is 5.06. The molecule has 0 fully saturated rings. The van der Waals surface area contributed by atoms with Crippen molar-refractivity contribution in [2.45, 2.75) is 26.7 Å². The second-order valence-corrected chi connectivity index (χ2v) is 3.92. The fourth-order valence-electron chi connectivity index (χ4n) is 1.71. The van der Waals surface area contributed by atoms with Gasteiger partial charge in [0.2, 0.25) is 0 Å². The van der Waals surface area contributed by atoms with Crippen molar-refractivity contribution in [2.24, 2.45) is 0 Å². The minimum absolute atomic E-state index is 0.111. The van der Waals surface area contributed by atoms with Crippen LogP contribution in [-0.2, 0) is 0 Å². The SMILES string of the molecule is Cc1nc(-c2cn[nH]n2)[nH]c(=O)c1C(C)C. The summed E-state index contributed by atoms with van der Waals surface area (Å²) in [5, 5.41) is 10.0. The highest BCUT2D eigenvalue weighted by molar-refractivity contribution is 5.46. The van der Waals surface area contributed by atoms with E-state index in [1.807, 2.05) is 20.8 Å². The monoisotopic (exact) mass is 219 g/mol. The van der Waals surface area contributed by atoms with E-state index in [2.05, 4.69) is 25.4 Å². The number of H-pyrrole nitrogens is 2. The zero-order valence-electron chi connectivity index (χ0n) is 9.40. The summed E-state index contributed by atoms with van der Waals surface area (Å²) in [4.78, 5) is 18.9. The van der Waals surface area contributed by atoms with Gasteiger partial charge in [0.1, 0.15) is 5.69 Å². The van der Waals surface area contributed by atoms with Crippen LogP contribution < -0.4 is 5.56 Å². The van der Waals surface area contributed by atoms with Crippen molar-refractivity contribution in [3.05, 3.63) is 27.8 Å². The average molecular weight is 219 g/mol. The number of aromatic amines is 2. The quantitative estimate of drug-likeness (QED) is 0.788. The molecule has 0 spiro atoms. The van der Waals surface area contributed by atoms with E-state index in [0.29, 0.717) is 17.1 Å². The molecule has 84 valence electrons. The topological polar surface area (TPSA) is 87.3 Å². The van der Waals surface area contributed by atoms with Gasteiger partial charge in [-0.05, 0) is 12.8 Å². The van der Waals surface area contributed by atoms with E-state index >= 15 is 0 Å². The van der Waals surface area contributed by atoms with Crippen LogP contribution in [0.1, 0.15) is 31.0 Å². The highest BCUT2D eigenvalue weighted by Gasteiger charge is 2.13. The van der Waals surface area contributed by atoms with Crippen molar-refractivity contribution in [3.63, 3.8) is 0 Å². The Hall–Kier alpha value is -1.98. The molecule has 2 aromatic rings. The van der Waals surface area contributed by atoms with Crippen LogP contribution in [-0.4, -0.2) is 25.4 Å². The van der Waals surface area contributed by atoms with E-state index in [1.165, 1.54) is 6.20 Å². The molecule has 2 N–H and O–H groups in total. The van der Waals surface area contributed by atoms with Crippen LogP contribution in [0, 0.1) is 6.92 Å². The highest BCUT2D eigenvalue weighted by Crippen LogP contribution is 2.15. The lowest BCUT2D eigenvalue weighted by atomic mass is 10.0. The van der Waals surface area contributed by atoms with Crippen molar-refractivity contribution in [3.8, 4) is 11.5 Å². The van der Waals surface area contributed by atoms with Gasteiger partial charge in [0.25, 0.3) is 5.56 Å². The van der Waals surface area contributed by atoms with E-state index in [1.54, 1.807) is 0 Å². The molecule has 16 heavy (non-hydrogen) atoms. The zero-order valence-corrected chi connectivity index (χ0v) is 9.40. The van der Waals surface area contributed by atoms with Crippen LogP contribution in [0.3, 0.4) is 0 Å². The first-order chi connectivity index (χ1) is 7.59. The van der Waals surface area contributed by atoms with Gasteiger partial charge in [-0.1, -0.05) is 13.8 Å². The summed E-state index contributed by atoms with van der Waals surface area (Å²) in [6.07, 6.45) is 1.52. The molecule has 0 unspecified atom stereocenters. The Kier molecular flexibility index (Phi) is 2.55. The summed E-state index contributed by atoms with van der Waals surface area (Å²) in [5.41, 5.74) is 1.88. The molecule has 0 aliphatic rings. The Morgan fingerprint density at radius 2 is 2.12 bits per heavy atom. The molecule has 2 aromatic heterocycles. The van der Waals surface area contributed by atoms with Gasteiger partial charge < -0.3 is 4.98 Å². The van der Waals surface area contributed by atoms with Gasteiger partial charge in [0.15, 0.2) is 5.82 Å². The van der Waals surface area contributed by atoms with E-state index < -0.39 is 0 Å². The van der Waals surface area contributed by atoms with Gasteiger partial charge >= 0.3 is 0 Å². The zero-order chi connectivity index (χ0) is 11.7. The number of hydrogen-bond donors (Lipinski definition) is 2. The van der Waals surface area contributed by atoms with Crippen molar-refractivity contribution >= 4 is 0 Å². The lowest BCUT2D eigenvalue weighted by molar-refractivity contribution is 0.813. The Bertz CT molecular complexity index is 541. The van der Waals surface area contributed by atoms with Gasteiger partial charge in [-0.25, -0.2) is 4.98 Å². The van der Waals surface area contributed by atoms with Crippen LogP contribution in [0.5, 0.6) is 0 Å². The highest BCUT2D eigenvalue weighted by atomic mass is 16.1. The largest absolute Gasteiger partial charge is 0.305 e. The van der Waals surface area contributed by atoms with Gasteiger partial charge in [-0.15, -0.1) is 0 Å². The fourth-order valence-corrected chi connectivity index (χ4v) is 1.71. The van der Waals surface area contributed by atoms with E-state index in [-0.39, 0.29) is 11.5 Å². The molecule has 0 saturated carbocycles. The van der Waals surface area contributed by atoms with Gasteiger partial charge in [-0.3, -0.25) is 4.79 Å². The lowest BCUT2D eigenvalue weighted by Crippen LogP contribution is -2.18. The minimum atomic E-state index is -0.111. The normalized spacial score (nSPS) is 11.0. The number of nitrogens with one attached hydrogen (secondary N) is 2. The first-order valence-corrected chi connectivity index (χ1v) is 5.06. The minimum Gasteiger partial charge on any atom is -0.305 e. The first kappa shape index (κ1) is 10.5. The molecule has 0 bridgehead atoms. The molecule has 0 aliphatic carbocycles. The third-order valence-electron chi connectivity index (χ3n) is 2.38. The summed E-state index contributed by atoms with van der Waals surface area (Å²) >= 11 is 0. The Morgan fingerprint density at radius 3 is 2.62 bits per heavy atom. The molecule has 0 radical (unpaired) electrons. The maximum Gasteiger partial charge on any atom is 0.254 e. The molecule has 0 aromatic carbocycles. The summed E-state index contributed by atoms with van der Waals surface area (Å²) in [6.45, 7) is 5.76. The standard InChI is InChI=1S/C10H13N5O/c1-5(2)8-6(3)12-9(13-10(8)16)7-4-11-15-14-7/h4-5H,1-3H3,(H,11,14,15)(H,12,13,16). The molecular formula is C10H13N5O. The average Bonchev–Trinajstić information content (AvgIpc) is 2.67. The van der Waals surface area contributed by atoms with Crippen LogP contribution >= 0.6 is 0 Å². The van der Waals surface area contributed by atoms with Crippen LogP contribution in [0.4, 0.5) is 0 Å². The molecule has 0 aliphatic heterocycles. The second-order valence-electron chi connectivity index (χ2n) is 3.92. The summed E-state index contributed by atoms with van der Waals surface area (Å²) in [7, 11) is 0. The van der Waals surface area contributed by atoms with Gasteiger partial charge in [0, 0.05) is 11.3 Å². The van der Waals surface area contributed by atoms with Gasteiger partial charge in [-0.2, -0.15) is 15.4 Å². The van der Waals surface area contributed by atoms with Gasteiger partial charge in [0.05, 0.1) is 6.20 Å². The van der Waals surface area contributed by atoms with Crippen molar-refractivity contribution in [1.82, 2.24) is 25.4 Å². The molecule has 2 heterocycles. The molecule has 0 saturated heterocycles. The predicted molar refractivity (Wildman–Crippen MR) is 59.1 cm³/mol.